The van der Waals surface area contributed by atoms with Crippen LogP contribution < -0.4 is 5.32 Å². The van der Waals surface area contributed by atoms with E-state index in [2.05, 4.69) is 5.32 Å². The fraction of sp³-hybridized carbons (Fsp3) is 0.333. The van der Waals surface area contributed by atoms with Gasteiger partial charge in [0.2, 0.25) is 5.91 Å². The molecule has 2 aromatic rings. The van der Waals surface area contributed by atoms with Crippen LogP contribution in [-0.4, -0.2) is 29.0 Å². The zero-order valence-electron chi connectivity index (χ0n) is 17.0. The van der Waals surface area contributed by atoms with Crippen molar-refractivity contribution in [1.29, 1.82) is 0 Å². The highest BCUT2D eigenvalue weighted by atomic mass is 32.1. The molecule has 0 atom stereocenters. The number of amides is 2. The van der Waals surface area contributed by atoms with E-state index in [1.807, 2.05) is 6.92 Å². The molecule has 1 aliphatic heterocycles. The second kappa shape index (κ2) is 8.33. The highest BCUT2D eigenvalue weighted by Gasteiger charge is 2.43. The Bertz CT molecular complexity index is 1030. The van der Waals surface area contributed by atoms with Crippen molar-refractivity contribution in [1.82, 2.24) is 4.90 Å². The molecule has 166 valence electrons. The molecule has 10 heteroatoms. The summed E-state index contributed by atoms with van der Waals surface area (Å²) in [6.07, 6.45) is -4.23. The highest BCUT2D eigenvalue weighted by molar-refractivity contribution is 7.11. The Morgan fingerprint density at radius 1 is 1.26 bits per heavy atom. The number of ether oxygens (including phenoxy) is 1. The first kappa shape index (κ1) is 22.8. The van der Waals surface area contributed by atoms with Gasteiger partial charge in [0.15, 0.2) is 6.73 Å². The summed E-state index contributed by atoms with van der Waals surface area (Å²) in [7, 11) is 0. The van der Waals surface area contributed by atoms with Gasteiger partial charge in [-0.25, -0.2) is 4.39 Å². The molecule has 0 saturated carbocycles. The summed E-state index contributed by atoms with van der Waals surface area (Å²) in [5.41, 5.74) is -2.94. The maximum absolute atomic E-state index is 14.1. The van der Waals surface area contributed by atoms with Crippen LogP contribution in [0.25, 0.3) is 5.57 Å². The molecular weight excluding hydrogens is 436 g/mol. The van der Waals surface area contributed by atoms with Crippen molar-refractivity contribution in [3.05, 3.63) is 57.7 Å². The Morgan fingerprint density at radius 2 is 1.97 bits per heavy atom. The van der Waals surface area contributed by atoms with Crippen LogP contribution in [0, 0.1) is 5.82 Å². The van der Waals surface area contributed by atoms with Gasteiger partial charge in [0.05, 0.1) is 16.8 Å². The molecule has 1 aliphatic rings. The third kappa shape index (κ3) is 4.43. The molecule has 1 aromatic heterocycles. The Hall–Kier alpha value is -2.88. The summed E-state index contributed by atoms with van der Waals surface area (Å²) in [6.45, 7) is 4.44. The van der Waals surface area contributed by atoms with E-state index in [0.717, 1.165) is 0 Å². The Labute approximate surface area is 180 Å². The minimum atomic E-state index is -4.70. The molecule has 2 heterocycles. The van der Waals surface area contributed by atoms with Gasteiger partial charge in [-0.2, -0.15) is 13.2 Å². The lowest BCUT2D eigenvalue weighted by Crippen LogP contribution is -2.57. The van der Waals surface area contributed by atoms with E-state index < -0.39 is 40.6 Å². The van der Waals surface area contributed by atoms with E-state index in [1.165, 1.54) is 30.1 Å². The molecular formula is C21H20F4N2O3S. The summed E-state index contributed by atoms with van der Waals surface area (Å²) in [4.78, 5) is 28.0. The van der Waals surface area contributed by atoms with E-state index in [4.69, 9.17) is 4.74 Å². The number of allylic oxidation sites excluding steroid dienone is 1. The first-order chi connectivity index (χ1) is 14.5. The topological polar surface area (TPSA) is 58.6 Å². The number of alkyl halides is 3. The highest BCUT2D eigenvalue weighted by Crippen LogP contribution is 2.35. The molecule has 1 aromatic carbocycles. The van der Waals surface area contributed by atoms with Gasteiger partial charge in [0, 0.05) is 11.3 Å². The van der Waals surface area contributed by atoms with E-state index in [-0.39, 0.29) is 6.73 Å². The normalized spacial score (nSPS) is 15.2. The number of nitrogens with one attached hydrogen (secondary N) is 1. The van der Waals surface area contributed by atoms with Crippen molar-refractivity contribution in [2.24, 2.45) is 0 Å². The molecule has 0 spiro atoms. The molecule has 0 bridgehead atoms. The van der Waals surface area contributed by atoms with E-state index in [1.54, 1.807) is 17.5 Å². The molecule has 0 fully saturated rings. The van der Waals surface area contributed by atoms with E-state index >= 15 is 0 Å². The number of hydrogen-bond acceptors (Lipinski definition) is 4. The SMILES string of the molecule is CCC1=C(c2cccs2)C(=O)N(C(C)(C)C(=O)Nc2cc(C(F)(F)F)ccc2F)CO1. The zero-order chi connectivity index (χ0) is 23.0. The van der Waals surface area contributed by atoms with Crippen LogP contribution in [0.15, 0.2) is 41.5 Å². The van der Waals surface area contributed by atoms with Gasteiger partial charge in [-0.15, -0.1) is 11.3 Å². The number of hydrogen-bond donors (Lipinski definition) is 1. The van der Waals surface area contributed by atoms with Crippen molar-refractivity contribution in [3.8, 4) is 0 Å². The first-order valence-electron chi connectivity index (χ1n) is 9.36. The number of benzene rings is 1. The van der Waals surface area contributed by atoms with Crippen molar-refractivity contribution in [3.63, 3.8) is 0 Å². The number of nitrogens with zero attached hydrogens (tertiary/aromatic N) is 1. The minimum absolute atomic E-state index is 0.220. The molecule has 3 rings (SSSR count). The van der Waals surface area contributed by atoms with Crippen LogP contribution in [-0.2, 0) is 20.5 Å². The number of halogens is 4. The molecule has 0 saturated heterocycles. The van der Waals surface area contributed by atoms with Crippen LogP contribution in [0.4, 0.5) is 23.2 Å². The fourth-order valence-electron chi connectivity index (χ4n) is 3.08. The van der Waals surface area contributed by atoms with Crippen molar-refractivity contribution < 1.29 is 31.9 Å². The first-order valence-corrected chi connectivity index (χ1v) is 10.2. The number of rotatable bonds is 5. The monoisotopic (exact) mass is 456 g/mol. The van der Waals surface area contributed by atoms with Gasteiger partial charge in [-0.3, -0.25) is 14.5 Å². The van der Waals surface area contributed by atoms with E-state index in [9.17, 15) is 27.2 Å². The largest absolute Gasteiger partial charge is 0.476 e. The average Bonchev–Trinajstić information content (AvgIpc) is 3.22. The lowest BCUT2D eigenvalue weighted by atomic mass is 9.98. The van der Waals surface area contributed by atoms with Gasteiger partial charge in [-0.05, 0) is 43.5 Å². The van der Waals surface area contributed by atoms with Crippen molar-refractivity contribution in [2.75, 3.05) is 12.0 Å². The Morgan fingerprint density at radius 3 is 2.55 bits per heavy atom. The summed E-state index contributed by atoms with van der Waals surface area (Å²) in [5, 5.41) is 3.98. The van der Waals surface area contributed by atoms with Gasteiger partial charge in [0.1, 0.15) is 17.1 Å². The van der Waals surface area contributed by atoms with Crippen LogP contribution in [0.5, 0.6) is 0 Å². The molecule has 0 unspecified atom stereocenters. The lowest BCUT2D eigenvalue weighted by Gasteiger charge is -2.40. The average molecular weight is 456 g/mol. The third-order valence-electron chi connectivity index (χ3n) is 4.97. The smallest absolute Gasteiger partial charge is 0.416 e. The molecule has 1 N–H and O–H groups in total. The second-order valence-electron chi connectivity index (χ2n) is 7.34. The summed E-state index contributed by atoms with van der Waals surface area (Å²) in [5.74, 6) is -1.84. The van der Waals surface area contributed by atoms with Crippen LogP contribution in [0.2, 0.25) is 0 Å². The maximum Gasteiger partial charge on any atom is 0.416 e. The van der Waals surface area contributed by atoms with E-state index in [0.29, 0.717) is 40.8 Å². The minimum Gasteiger partial charge on any atom is -0.476 e. The van der Waals surface area contributed by atoms with Gasteiger partial charge < -0.3 is 10.1 Å². The number of thiophene rings is 1. The Balaban J connectivity index is 1.89. The maximum atomic E-state index is 14.1. The van der Waals surface area contributed by atoms with Crippen LogP contribution >= 0.6 is 11.3 Å². The summed E-state index contributed by atoms with van der Waals surface area (Å²) < 4.78 is 58.6. The quantitative estimate of drug-likeness (QED) is 0.625. The lowest BCUT2D eigenvalue weighted by molar-refractivity contribution is -0.147. The third-order valence-corrected chi connectivity index (χ3v) is 5.85. The molecule has 2 amide bonds. The van der Waals surface area contributed by atoms with Gasteiger partial charge >= 0.3 is 6.18 Å². The van der Waals surface area contributed by atoms with Crippen molar-refractivity contribution >= 4 is 34.4 Å². The second-order valence-corrected chi connectivity index (χ2v) is 8.29. The summed E-state index contributed by atoms with van der Waals surface area (Å²) >= 11 is 1.34. The van der Waals surface area contributed by atoms with Crippen LogP contribution in [0.3, 0.4) is 0 Å². The summed E-state index contributed by atoms with van der Waals surface area (Å²) in [6, 6.07) is 5.27. The van der Waals surface area contributed by atoms with Crippen LogP contribution in [0.1, 0.15) is 37.6 Å². The predicted molar refractivity (Wildman–Crippen MR) is 108 cm³/mol. The fourth-order valence-corrected chi connectivity index (χ4v) is 3.86. The van der Waals surface area contributed by atoms with Gasteiger partial charge in [0.25, 0.3) is 5.91 Å². The molecule has 0 radical (unpaired) electrons. The standard InChI is InChI=1S/C21H20F4N2O3S/c1-4-15-17(16-6-5-9-31-16)18(28)27(11-30-15)20(2,3)19(29)26-14-10-12(21(23,24)25)7-8-13(14)22/h5-10H,4,11H2,1-3H3,(H,26,29). The Kier molecular flexibility index (Phi) is 6.13. The van der Waals surface area contributed by atoms with Gasteiger partial charge in [-0.1, -0.05) is 13.0 Å². The number of carbonyl (C=O) groups is 2. The molecule has 31 heavy (non-hydrogen) atoms. The molecule has 5 nitrogen and oxygen atoms in total. The number of anilines is 1. The number of carbonyl (C=O) groups excluding carboxylic acids is 2. The zero-order valence-corrected chi connectivity index (χ0v) is 17.8. The predicted octanol–water partition coefficient (Wildman–Crippen LogP) is 5.26. The molecule has 0 aliphatic carbocycles. The van der Waals surface area contributed by atoms with Crippen molar-refractivity contribution in [2.45, 2.75) is 38.9 Å².